The fourth-order valence-electron chi connectivity index (χ4n) is 2.11. The Morgan fingerprint density at radius 3 is 1.41 bits per heavy atom. The van der Waals surface area contributed by atoms with Crippen molar-refractivity contribution in [2.45, 2.75) is 20.2 Å². The van der Waals surface area contributed by atoms with E-state index in [4.69, 9.17) is 13.0 Å². The molecule has 0 radical (unpaired) electrons. The first-order chi connectivity index (χ1) is 13.1. The summed E-state index contributed by atoms with van der Waals surface area (Å²) in [5, 5.41) is 0. The van der Waals surface area contributed by atoms with E-state index in [0.717, 1.165) is 14.7 Å². The van der Waals surface area contributed by atoms with Crippen LogP contribution < -0.4 is 0 Å². The van der Waals surface area contributed by atoms with Crippen molar-refractivity contribution in [1.29, 1.82) is 0 Å². The van der Waals surface area contributed by atoms with Crippen LogP contribution in [-0.2, 0) is 21.0 Å². The van der Waals surface area contributed by atoms with Gasteiger partial charge in [-0.2, -0.15) is 21.6 Å². The Balaban J connectivity index is 0.000000403. The molecule has 0 amide bonds. The first-order valence-electron chi connectivity index (χ1n) is 7.74. The minimum absolute atomic E-state index is 0. The number of halogens is 4. The van der Waals surface area contributed by atoms with Crippen LogP contribution >= 0.6 is 0 Å². The molecule has 3 rings (SSSR count). The third-order valence-corrected chi connectivity index (χ3v) is 6.15. The van der Waals surface area contributed by atoms with Crippen molar-refractivity contribution in [3.05, 3.63) is 90.7 Å². The number of hydrogen-bond acceptors (Lipinski definition) is 2. The molecular weight excluding hydrogens is 439 g/mol. The van der Waals surface area contributed by atoms with Crippen molar-refractivity contribution in [2.24, 2.45) is 0 Å². The van der Waals surface area contributed by atoms with E-state index < -0.39 is 26.5 Å². The predicted octanol–water partition coefficient (Wildman–Crippen LogP) is 4.67. The third kappa shape index (κ3) is 7.44. The molecular formula is C19H16F4NaO3S2+. The van der Waals surface area contributed by atoms with E-state index >= 15 is 0 Å². The summed E-state index contributed by atoms with van der Waals surface area (Å²) in [5.74, 6) is -0.150. The van der Waals surface area contributed by atoms with Crippen LogP contribution in [0, 0.1) is 5.82 Å². The topological polar surface area (TPSA) is 54.4 Å². The molecule has 0 fully saturated rings. The van der Waals surface area contributed by atoms with Crippen LogP contribution in [0.3, 0.4) is 0 Å². The Labute approximate surface area is 191 Å². The van der Waals surface area contributed by atoms with Crippen LogP contribution in [0.5, 0.6) is 0 Å². The van der Waals surface area contributed by atoms with Gasteiger partial charge < -0.3 is 0 Å². The van der Waals surface area contributed by atoms with Gasteiger partial charge in [0.1, 0.15) is 10.9 Å². The second-order valence-corrected chi connectivity index (χ2v) is 8.69. The molecule has 0 saturated heterocycles. The Hall–Kier alpha value is -1.36. The fourth-order valence-corrected chi connectivity index (χ4v) is 4.23. The van der Waals surface area contributed by atoms with Gasteiger partial charge in [-0.1, -0.05) is 48.5 Å². The SMILES string of the molecule is Fc1ccccc1[S+](c1ccccc1)c1ccccc1.O=S(=O)(O)C(F)(F)F.[NaH]. The van der Waals surface area contributed by atoms with Gasteiger partial charge >= 0.3 is 45.2 Å². The summed E-state index contributed by atoms with van der Waals surface area (Å²) in [6.07, 6.45) is 0. The molecule has 150 valence electrons. The summed E-state index contributed by atoms with van der Waals surface area (Å²) in [5.41, 5.74) is -5.53. The van der Waals surface area contributed by atoms with Crippen molar-refractivity contribution in [1.82, 2.24) is 0 Å². The Morgan fingerprint density at radius 1 is 0.724 bits per heavy atom. The van der Waals surface area contributed by atoms with Gasteiger partial charge in [0.25, 0.3) is 0 Å². The van der Waals surface area contributed by atoms with Crippen molar-refractivity contribution in [2.75, 3.05) is 0 Å². The van der Waals surface area contributed by atoms with E-state index in [9.17, 15) is 17.6 Å². The zero-order valence-electron chi connectivity index (χ0n) is 14.2. The van der Waals surface area contributed by atoms with Crippen molar-refractivity contribution < 1.29 is 30.5 Å². The maximum absolute atomic E-state index is 14.2. The molecule has 0 bridgehead atoms. The van der Waals surface area contributed by atoms with Gasteiger partial charge in [0, 0.05) is 0 Å². The normalized spacial score (nSPS) is 11.2. The quantitative estimate of drug-likeness (QED) is 0.205. The zero-order chi connectivity index (χ0) is 20.8. The first-order valence-corrected chi connectivity index (χ1v) is 10.4. The van der Waals surface area contributed by atoms with Gasteiger partial charge in [-0.25, -0.2) is 4.39 Å². The van der Waals surface area contributed by atoms with E-state index in [2.05, 4.69) is 24.3 Å². The van der Waals surface area contributed by atoms with Crippen LogP contribution in [0.25, 0.3) is 0 Å². The number of hydrogen-bond donors (Lipinski definition) is 1. The standard InChI is InChI=1S/C18H14FS.CHF3O3S.Na.H/c19-17-13-7-8-14-18(17)20(15-9-3-1-4-10-15)16-11-5-2-6-12-16;2-1(3,4)8(5,6)7;;/h1-14H;(H,5,6,7);;/q+1;;;. The second kappa shape index (κ2) is 11.1. The van der Waals surface area contributed by atoms with Crippen molar-refractivity contribution in [3.63, 3.8) is 0 Å². The maximum atomic E-state index is 14.2. The molecule has 0 heterocycles. The van der Waals surface area contributed by atoms with Gasteiger partial charge in [0.15, 0.2) is 15.6 Å². The summed E-state index contributed by atoms with van der Waals surface area (Å²) in [4.78, 5) is 3.00. The van der Waals surface area contributed by atoms with E-state index in [0.29, 0.717) is 0 Å². The number of benzene rings is 3. The second-order valence-electron chi connectivity index (χ2n) is 5.28. The van der Waals surface area contributed by atoms with Crippen LogP contribution in [-0.4, -0.2) is 48.0 Å². The van der Waals surface area contributed by atoms with Crippen LogP contribution in [0.2, 0.25) is 0 Å². The summed E-state index contributed by atoms with van der Waals surface area (Å²) in [6, 6.07) is 27.2. The predicted molar refractivity (Wildman–Crippen MR) is 106 cm³/mol. The Morgan fingerprint density at radius 2 is 1.07 bits per heavy atom. The van der Waals surface area contributed by atoms with E-state index in [1.807, 2.05) is 48.5 Å². The van der Waals surface area contributed by atoms with Gasteiger partial charge in [-0.3, -0.25) is 4.55 Å². The summed E-state index contributed by atoms with van der Waals surface area (Å²) in [6.45, 7) is 0. The summed E-state index contributed by atoms with van der Waals surface area (Å²) >= 11 is 0. The van der Waals surface area contributed by atoms with Crippen LogP contribution in [0.15, 0.2) is 99.6 Å². The summed E-state index contributed by atoms with van der Waals surface area (Å²) < 4.78 is 71.8. The average molecular weight is 455 g/mol. The molecule has 3 aromatic rings. The molecule has 3 nitrogen and oxygen atoms in total. The van der Waals surface area contributed by atoms with Gasteiger partial charge in [0.2, 0.25) is 4.90 Å². The van der Waals surface area contributed by atoms with E-state index in [1.165, 1.54) is 6.07 Å². The summed E-state index contributed by atoms with van der Waals surface area (Å²) in [7, 11) is -6.24. The monoisotopic (exact) mass is 455 g/mol. The van der Waals surface area contributed by atoms with Gasteiger partial charge in [-0.05, 0) is 36.4 Å². The third-order valence-electron chi connectivity index (χ3n) is 3.31. The Kier molecular flexibility index (Phi) is 9.87. The van der Waals surface area contributed by atoms with Crippen LogP contribution in [0.4, 0.5) is 17.6 Å². The number of rotatable bonds is 3. The molecule has 0 unspecified atom stereocenters. The van der Waals surface area contributed by atoms with Crippen molar-refractivity contribution >= 4 is 50.6 Å². The molecule has 10 heteroatoms. The van der Waals surface area contributed by atoms with Gasteiger partial charge in [-0.15, -0.1) is 0 Å². The molecule has 0 atom stereocenters. The van der Waals surface area contributed by atoms with E-state index in [1.54, 1.807) is 6.07 Å². The fraction of sp³-hybridized carbons (Fsp3) is 0.0526. The number of alkyl halides is 3. The Bertz CT molecular complexity index is 959. The molecule has 0 aliphatic heterocycles. The molecule has 0 spiro atoms. The first kappa shape index (κ1) is 25.7. The van der Waals surface area contributed by atoms with Gasteiger partial charge in [0.05, 0.1) is 0 Å². The molecule has 0 saturated carbocycles. The molecule has 1 N–H and O–H groups in total. The minimum atomic E-state index is -5.84. The molecule has 3 aromatic carbocycles. The average Bonchev–Trinajstić information content (AvgIpc) is 2.64. The zero-order valence-corrected chi connectivity index (χ0v) is 15.8. The van der Waals surface area contributed by atoms with E-state index in [-0.39, 0.29) is 35.4 Å². The van der Waals surface area contributed by atoms with Crippen molar-refractivity contribution in [3.8, 4) is 0 Å². The molecule has 0 aliphatic carbocycles. The van der Waals surface area contributed by atoms with Crippen LogP contribution in [0.1, 0.15) is 0 Å². The molecule has 0 aliphatic rings. The molecule has 29 heavy (non-hydrogen) atoms. The molecule has 0 aromatic heterocycles.